The molecule has 0 aromatic carbocycles. The summed E-state index contributed by atoms with van der Waals surface area (Å²) in [7, 11) is 0. The maximum Gasteiger partial charge on any atom is 0.272 e. The van der Waals surface area contributed by atoms with E-state index in [1.807, 2.05) is 0 Å². The molecule has 0 fully saturated rings. The van der Waals surface area contributed by atoms with E-state index in [-0.39, 0.29) is 11.5 Å². The fraction of sp³-hybridized carbons (Fsp3) is 0.143. The molecule has 0 aliphatic rings. The van der Waals surface area contributed by atoms with Crippen molar-refractivity contribution in [2.45, 2.75) is 6.92 Å². The van der Waals surface area contributed by atoms with Crippen LogP contribution < -0.4 is 0 Å². The third-order valence-electron chi connectivity index (χ3n) is 1.01. The first-order valence-corrected chi connectivity index (χ1v) is 2.95. The number of nitro groups is 1. The van der Waals surface area contributed by atoms with E-state index >= 15 is 0 Å². The quantitative estimate of drug-likeness (QED) is 0.292. The topological polar surface area (TPSA) is 63.4 Å². The van der Waals surface area contributed by atoms with E-state index in [0.29, 0.717) is 0 Å². The Morgan fingerprint density at radius 3 is 2.55 bits per heavy atom. The highest BCUT2D eigenvalue weighted by atomic mass is 16.6. The Hall–Kier alpha value is -1.58. The van der Waals surface area contributed by atoms with Gasteiger partial charge in [-0.1, -0.05) is 6.58 Å². The summed E-state index contributed by atoms with van der Waals surface area (Å²) in [5.41, 5.74) is -0.222. The van der Waals surface area contributed by atoms with Gasteiger partial charge in [0.1, 0.15) is 5.76 Å². The van der Waals surface area contributed by atoms with Crippen LogP contribution in [0.3, 0.4) is 0 Å². The fourth-order valence-electron chi connectivity index (χ4n) is 0.421. The zero-order chi connectivity index (χ0) is 8.85. The standard InChI is InChI=1S/C7H9NO3/c1-3-6(8(10)11)5-7(9)4-2/h3-5,9H,1H2,2H3/b6-5+,7-4+. The molecular weight excluding hydrogens is 146 g/mol. The summed E-state index contributed by atoms with van der Waals surface area (Å²) in [6.07, 6.45) is 3.46. The zero-order valence-electron chi connectivity index (χ0n) is 6.15. The molecule has 0 unspecified atom stereocenters. The third-order valence-corrected chi connectivity index (χ3v) is 1.01. The van der Waals surface area contributed by atoms with Crippen LogP contribution in [-0.2, 0) is 0 Å². The van der Waals surface area contributed by atoms with E-state index in [9.17, 15) is 10.1 Å². The van der Waals surface area contributed by atoms with Gasteiger partial charge >= 0.3 is 0 Å². The van der Waals surface area contributed by atoms with Crippen molar-refractivity contribution in [3.05, 3.63) is 46.4 Å². The molecule has 0 heterocycles. The van der Waals surface area contributed by atoms with Crippen LogP contribution in [0.1, 0.15) is 6.92 Å². The predicted octanol–water partition coefficient (Wildman–Crippen LogP) is 1.79. The number of aliphatic hydroxyl groups excluding tert-OH is 1. The molecule has 1 N–H and O–H groups in total. The lowest BCUT2D eigenvalue weighted by Gasteiger charge is -1.89. The number of allylic oxidation sites excluding steroid dienone is 3. The average Bonchev–Trinajstić information content (AvgIpc) is 1.99. The van der Waals surface area contributed by atoms with E-state index in [1.165, 1.54) is 6.08 Å². The second-order valence-corrected chi connectivity index (χ2v) is 1.74. The second-order valence-electron chi connectivity index (χ2n) is 1.74. The van der Waals surface area contributed by atoms with Gasteiger partial charge in [0, 0.05) is 6.08 Å². The number of hydrogen-bond donors (Lipinski definition) is 1. The first kappa shape index (κ1) is 9.42. The lowest BCUT2D eigenvalue weighted by molar-refractivity contribution is -0.419. The summed E-state index contributed by atoms with van der Waals surface area (Å²) in [4.78, 5) is 9.49. The minimum atomic E-state index is -0.618. The van der Waals surface area contributed by atoms with Gasteiger partial charge < -0.3 is 5.11 Å². The van der Waals surface area contributed by atoms with E-state index in [1.54, 1.807) is 6.92 Å². The lowest BCUT2D eigenvalue weighted by atomic mass is 10.3. The molecule has 0 aromatic rings. The van der Waals surface area contributed by atoms with E-state index in [0.717, 1.165) is 12.2 Å². The predicted molar refractivity (Wildman–Crippen MR) is 41.7 cm³/mol. The van der Waals surface area contributed by atoms with Crippen molar-refractivity contribution >= 4 is 0 Å². The Morgan fingerprint density at radius 1 is 1.73 bits per heavy atom. The first-order chi connectivity index (χ1) is 5.11. The highest BCUT2D eigenvalue weighted by Crippen LogP contribution is 2.01. The largest absolute Gasteiger partial charge is 0.508 e. The van der Waals surface area contributed by atoms with Gasteiger partial charge in [0.05, 0.1) is 11.0 Å². The lowest BCUT2D eigenvalue weighted by Crippen LogP contribution is -1.95. The molecule has 11 heavy (non-hydrogen) atoms. The molecule has 0 aliphatic carbocycles. The van der Waals surface area contributed by atoms with Gasteiger partial charge in [-0.25, -0.2) is 0 Å². The summed E-state index contributed by atoms with van der Waals surface area (Å²) in [6.45, 7) is 4.80. The molecule has 4 nitrogen and oxygen atoms in total. The summed E-state index contributed by atoms with van der Waals surface area (Å²) in [5, 5.41) is 19.0. The van der Waals surface area contributed by atoms with Crippen molar-refractivity contribution in [1.29, 1.82) is 0 Å². The van der Waals surface area contributed by atoms with Gasteiger partial charge in [0.15, 0.2) is 0 Å². The molecule has 0 rings (SSSR count). The van der Waals surface area contributed by atoms with Crippen molar-refractivity contribution in [2.75, 3.05) is 0 Å². The first-order valence-electron chi connectivity index (χ1n) is 2.95. The Morgan fingerprint density at radius 2 is 2.27 bits per heavy atom. The van der Waals surface area contributed by atoms with Crippen LogP contribution in [0.25, 0.3) is 0 Å². The molecule has 0 aromatic heterocycles. The Balaban J connectivity index is 4.62. The highest BCUT2D eigenvalue weighted by molar-refractivity contribution is 5.19. The summed E-state index contributed by atoms with van der Waals surface area (Å²) in [5.74, 6) is -0.142. The van der Waals surface area contributed by atoms with Crippen molar-refractivity contribution in [3.63, 3.8) is 0 Å². The van der Waals surface area contributed by atoms with Crippen LogP contribution in [0.4, 0.5) is 0 Å². The molecule has 0 saturated heterocycles. The monoisotopic (exact) mass is 155 g/mol. The summed E-state index contributed by atoms with van der Waals surface area (Å²) < 4.78 is 0. The molecule has 0 atom stereocenters. The molecular formula is C7H9NO3. The molecule has 0 amide bonds. The smallest absolute Gasteiger partial charge is 0.272 e. The number of nitrogens with zero attached hydrogens (tertiary/aromatic N) is 1. The SMILES string of the molecule is C=C/C(=C\C(O)=C/C)[N+](=O)[O-]. The van der Waals surface area contributed by atoms with E-state index in [4.69, 9.17) is 5.11 Å². The van der Waals surface area contributed by atoms with Crippen LogP contribution in [-0.4, -0.2) is 10.0 Å². The summed E-state index contributed by atoms with van der Waals surface area (Å²) in [6, 6.07) is 0. The van der Waals surface area contributed by atoms with Gasteiger partial charge in [-0.3, -0.25) is 10.1 Å². The van der Waals surface area contributed by atoms with Crippen molar-refractivity contribution in [3.8, 4) is 0 Å². The Bertz CT molecular complexity index is 228. The van der Waals surface area contributed by atoms with Gasteiger partial charge in [-0.2, -0.15) is 0 Å². The van der Waals surface area contributed by atoms with Crippen LogP contribution in [0.5, 0.6) is 0 Å². The number of aliphatic hydroxyl groups is 1. The molecule has 0 saturated carbocycles. The number of hydrogen-bond acceptors (Lipinski definition) is 3. The molecule has 0 radical (unpaired) electrons. The van der Waals surface area contributed by atoms with Gasteiger partial charge in [0.25, 0.3) is 5.70 Å². The van der Waals surface area contributed by atoms with Crippen LogP contribution >= 0.6 is 0 Å². The minimum absolute atomic E-state index is 0.142. The Kier molecular flexibility index (Phi) is 3.66. The van der Waals surface area contributed by atoms with Crippen molar-refractivity contribution in [2.24, 2.45) is 0 Å². The number of rotatable bonds is 3. The van der Waals surface area contributed by atoms with Crippen molar-refractivity contribution < 1.29 is 10.0 Å². The fourth-order valence-corrected chi connectivity index (χ4v) is 0.421. The molecule has 4 heteroatoms. The van der Waals surface area contributed by atoms with Gasteiger partial charge in [0.2, 0.25) is 0 Å². The Labute approximate surface area is 64.3 Å². The van der Waals surface area contributed by atoms with Gasteiger partial charge in [-0.15, -0.1) is 0 Å². The van der Waals surface area contributed by atoms with Crippen LogP contribution in [0, 0.1) is 10.1 Å². The maximum atomic E-state index is 10.1. The van der Waals surface area contributed by atoms with E-state index in [2.05, 4.69) is 6.58 Å². The van der Waals surface area contributed by atoms with Crippen molar-refractivity contribution in [1.82, 2.24) is 0 Å². The molecule has 0 spiro atoms. The zero-order valence-corrected chi connectivity index (χ0v) is 6.15. The minimum Gasteiger partial charge on any atom is -0.508 e. The molecule has 0 aliphatic heterocycles. The molecule has 60 valence electrons. The average molecular weight is 155 g/mol. The summed E-state index contributed by atoms with van der Waals surface area (Å²) >= 11 is 0. The third kappa shape index (κ3) is 3.20. The van der Waals surface area contributed by atoms with Crippen LogP contribution in [0.2, 0.25) is 0 Å². The highest BCUT2D eigenvalue weighted by Gasteiger charge is 2.04. The normalized spacial score (nSPS) is 12.8. The molecule has 0 bridgehead atoms. The second kappa shape index (κ2) is 4.27. The van der Waals surface area contributed by atoms with Gasteiger partial charge in [-0.05, 0) is 13.0 Å². The van der Waals surface area contributed by atoms with Crippen LogP contribution in [0.15, 0.2) is 36.3 Å². The van der Waals surface area contributed by atoms with E-state index < -0.39 is 4.92 Å². The maximum absolute atomic E-state index is 10.1.